The standard InChI is InChI=1S/C20H23N3/c1-14(2)13-19(16-9-5-4-6-10-16)23-20-15(3)21-17-11-7-8-12-18(17)22-20/h4-12,14,19H,13H2,1-3H3,(H,22,23). The Bertz CT molecular complexity index is 781. The summed E-state index contributed by atoms with van der Waals surface area (Å²) in [6.07, 6.45) is 1.05. The quantitative estimate of drug-likeness (QED) is 0.709. The Morgan fingerprint density at radius 2 is 1.48 bits per heavy atom. The fourth-order valence-corrected chi connectivity index (χ4v) is 2.83. The van der Waals surface area contributed by atoms with Crippen LogP contribution in [-0.4, -0.2) is 9.97 Å². The molecule has 3 rings (SSSR count). The molecule has 0 aliphatic carbocycles. The Morgan fingerprint density at radius 3 is 2.13 bits per heavy atom. The second-order valence-electron chi connectivity index (χ2n) is 6.38. The molecule has 3 aromatic rings. The van der Waals surface area contributed by atoms with E-state index >= 15 is 0 Å². The molecular weight excluding hydrogens is 282 g/mol. The number of hydrogen-bond acceptors (Lipinski definition) is 3. The van der Waals surface area contributed by atoms with Crippen LogP contribution >= 0.6 is 0 Å². The first-order chi connectivity index (χ1) is 11.1. The molecule has 0 amide bonds. The van der Waals surface area contributed by atoms with E-state index in [9.17, 15) is 0 Å². The number of nitrogens with zero attached hydrogens (tertiary/aromatic N) is 2. The van der Waals surface area contributed by atoms with Gasteiger partial charge in [0.25, 0.3) is 0 Å². The molecule has 0 bridgehead atoms. The summed E-state index contributed by atoms with van der Waals surface area (Å²) in [4.78, 5) is 9.45. The van der Waals surface area contributed by atoms with Crippen LogP contribution in [0.3, 0.4) is 0 Å². The maximum absolute atomic E-state index is 4.77. The largest absolute Gasteiger partial charge is 0.362 e. The molecule has 3 nitrogen and oxygen atoms in total. The molecule has 3 heteroatoms. The zero-order valence-corrected chi connectivity index (χ0v) is 14.0. The Hall–Kier alpha value is -2.42. The van der Waals surface area contributed by atoms with E-state index in [0.717, 1.165) is 29.0 Å². The Labute approximate surface area is 137 Å². The van der Waals surface area contributed by atoms with Crippen molar-refractivity contribution < 1.29 is 0 Å². The summed E-state index contributed by atoms with van der Waals surface area (Å²) >= 11 is 0. The van der Waals surface area contributed by atoms with Crippen molar-refractivity contribution in [1.82, 2.24) is 9.97 Å². The number of aryl methyl sites for hydroxylation is 1. The molecule has 23 heavy (non-hydrogen) atoms. The zero-order valence-electron chi connectivity index (χ0n) is 14.0. The molecule has 2 aromatic carbocycles. The molecule has 1 atom stereocenters. The second kappa shape index (κ2) is 6.78. The Morgan fingerprint density at radius 1 is 0.870 bits per heavy atom. The summed E-state index contributed by atoms with van der Waals surface area (Å²) < 4.78 is 0. The SMILES string of the molecule is Cc1nc2ccccc2nc1NC(CC(C)C)c1ccccc1. The maximum Gasteiger partial charge on any atom is 0.148 e. The van der Waals surface area contributed by atoms with Gasteiger partial charge in [-0.1, -0.05) is 56.3 Å². The third kappa shape index (κ3) is 3.67. The highest BCUT2D eigenvalue weighted by atomic mass is 15.0. The Kier molecular flexibility index (Phi) is 4.56. The molecule has 0 fully saturated rings. The minimum atomic E-state index is 0.241. The molecule has 1 N–H and O–H groups in total. The smallest absolute Gasteiger partial charge is 0.148 e. The first-order valence-electron chi connectivity index (χ1n) is 8.18. The van der Waals surface area contributed by atoms with Gasteiger partial charge < -0.3 is 5.32 Å². The molecule has 118 valence electrons. The fourth-order valence-electron chi connectivity index (χ4n) is 2.83. The normalized spacial score (nSPS) is 12.5. The van der Waals surface area contributed by atoms with Gasteiger partial charge in [-0.3, -0.25) is 0 Å². The van der Waals surface area contributed by atoms with Gasteiger partial charge in [0.1, 0.15) is 5.82 Å². The van der Waals surface area contributed by atoms with E-state index in [0.29, 0.717) is 5.92 Å². The lowest BCUT2D eigenvalue weighted by atomic mass is 9.97. The van der Waals surface area contributed by atoms with Crippen molar-refractivity contribution in [3.63, 3.8) is 0 Å². The van der Waals surface area contributed by atoms with Crippen LogP contribution in [0.15, 0.2) is 54.6 Å². The van der Waals surface area contributed by atoms with Crippen LogP contribution in [0.25, 0.3) is 11.0 Å². The molecule has 0 aliphatic rings. The lowest BCUT2D eigenvalue weighted by Gasteiger charge is -2.22. The van der Waals surface area contributed by atoms with Gasteiger partial charge in [0.2, 0.25) is 0 Å². The summed E-state index contributed by atoms with van der Waals surface area (Å²) in [5.74, 6) is 1.47. The average Bonchev–Trinajstić information content (AvgIpc) is 2.55. The van der Waals surface area contributed by atoms with Crippen LogP contribution in [0, 0.1) is 12.8 Å². The van der Waals surface area contributed by atoms with Gasteiger partial charge in [-0.15, -0.1) is 0 Å². The molecule has 0 aliphatic heterocycles. The van der Waals surface area contributed by atoms with Gasteiger partial charge in [-0.05, 0) is 37.0 Å². The number of fused-ring (bicyclic) bond motifs is 1. The summed E-state index contributed by atoms with van der Waals surface area (Å²) in [5, 5.41) is 3.61. The van der Waals surface area contributed by atoms with E-state index in [1.54, 1.807) is 0 Å². The number of para-hydroxylation sites is 2. The number of anilines is 1. The van der Waals surface area contributed by atoms with Crippen molar-refractivity contribution in [2.75, 3.05) is 5.32 Å². The van der Waals surface area contributed by atoms with Crippen LogP contribution < -0.4 is 5.32 Å². The topological polar surface area (TPSA) is 37.8 Å². The molecule has 0 saturated carbocycles. The predicted molar refractivity (Wildman–Crippen MR) is 96.5 cm³/mol. The molecular formula is C20H23N3. The van der Waals surface area contributed by atoms with Gasteiger partial charge in [0, 0.05) is 0 Å². The number of aromatic nitrogens is 2. The number of benzene rings is 2. The van der Waals surface area contributed by atoms with E-state index < -0.39 is 0 Å². The molecule has 0 radical (unpaired) electrons. The van der Waals surface area contributed by atoms with Crippen molar-refractivity contribution in [1.29, 1.82) is 0 Å². The van der Waals surface area contributed by atoms with Crippen LogP contribution in [0.5, 0.6) is 0 Å². The van der Waals surface area contributed by atoms with Crippen molar-refractivity contribution >= 4 is 16.9 Å². The number of rotatable bonds is 5. The molecule has 0 spiro atoms. The second-order valence-corrected chi connectivity index (χ2v) is 6.38. The zero-order chi connectivity index (χ0) is 16.2. The molecule has 1 unspecified atom stereocenters. The van der Waals surface area contributed by atoms with Crippen LogP contribution in [0.1, 0.15) is 37.6 Å². The van der Waals surface area contributed by atoms with Crippen molar-refractivity contribution in [3.8, 4) is 0 Å². The molecule has 1 heterocycles. The highest BCUT2D eigenvalue weighted by Crippen LogP contribution is 2.27. The minimum absolute atomic E-state index is 0.241. The van der Waals surface area contributed by atoms with Gasteiger partial charge in [0.15, 0.2) is 0 Å². The van der Waals surface area contributed by atoms with Crippen LogP contribution in [0.4, 0.5) is 5.82 Å². The van der Waals surface area contributed by atoms with Gasteiger partial charge >= 0.3 is 0 Å². The third-order valence-corrected chi connectivity index (χ3v) is 3.96. The minimum Gasteiger partial charge on any atom is -0.362 e. The summed E-state index contributed by atoms with van der Waals surface area (Å²) in [7, 11) is 0. The Balaban J connectivity index is 1.94. The van der Waals surface area contributed by atoms with Crippen LogP contribution in [-0.2, 0) is 0 Å². The highest BCUT2D eigenvalue weighted by molar-refractivity contribution is 5.76. The average molecular weight is 305 g/mol. The van der Waals surface area contributed by atoms with E-state index in [2.05, 4.69) is 54.5 Å². The lowest BCUT2D eigenvalue weighted by molar-refractivity contribution is 0.529. The lowest BCUT2D eigenvalue weighted by Crippen LogP contribution is -2.15. The first kappa shape index (κ1) is 15.5. The number of hydrogen-bond donors (Lipinski definition) is 1. The monoisotopic (exact) mass is 305 g/mol. The van der Waals surface area contributed by atoms with E-state index in [4.69, 9.17) is 4.98 Å². The van der Waals surface area contributed by atoms with Crippen molar-refractivity contribution in [2.24, 2.45) is 5.92 Å². The molecule has 1 aromatic heterocycles. The summed E-state index contributed by atoms with van der Waals surface area (Å²) in [5.41, 5.74) is 4.09. The van der Waals surface area contributed by atoms with E-state index in [-0.39, 0.29) is 6.04 Å². The number of nitrogens with one attached hydrogen (secondary N) is 1. The van der Waals surface area contributed by atoms with Crippen molar-refractivity contribution in [2.45, 2.75) is 33.2 Å². The highest BCUT2D eigenvalue weighted by Gasteiger charge is 2.15. The molecule has 0 saturated heterocycles. The summed E-state index contributed by atoms with van der Waals surface area (Å²) in [6, 6.07) is 18.8. The first-order valence-corrected chi connectivity index (χ1v) is 8.18. The van der Waals surface area contributed by atoms with E-state index in [1.807, 2.05) is 31.2 Å². The van der Waals surface area contributed by atoms with Gasteiger partial charge in [-0.25, -0.2) is 9.97 Å². The van der Waals surface area contributed by atoms with Crippen molar-refractivity contribution in [3.05, 3.63) is 65.9 Å². The van der Waals surface area contributed by atoms with E-state index in [1.165, 1.54) is 5.56 Å². The van der Waals surface area contributed by atoms with Gasteiger partial charge in [-0.2, -0.15) is 0 Å². The third-order valence-electron chi connectivity index (χ3n) is 3.96. The van der Waals surface area contributed by atoms with Crippen LogP contribution in [0.2, 0.25) is 0 Å². The predicted octanol–water partition coefficient (Wildman–Crippen LogP) is 5.14. The van der Waals surface area contributed by atoms with Gasteiger partial charge in [0.05, 0.1) is 22.8 Å². The maximum atomic E-state index is 4.77. The summed E-state index contributed by atoms with van der Waals surface area (Å²) in [6.45, 7) is 6.51. The fraction of sp³-hybridized carbons (Fsp3) is 0.300.